The fraction of sp³-hybridized carbons (Fsp3) is 0.167. The van der Waals surface area contributed by atoms with Crippen molar-refractivity contribution in [1.29, 1.82) is 0 Å². The Bertz CT molecular complexity index is 1220. The largest absolute Gasteiger partial charge is 0.493 e. The van der Waals surface area contributed by atoms with Crippen molar-refractivity contribution in [3.63, 3.8) is 0 Å². The molecule has 0 spiro atoms. The predicted molar refractivity (Wildman–Crippen MR) is 118 cm³/mol. The van der Waals surface area contributed by atoms with Crippen LogP contribution in [0, 0.1) is 13.8 Å². The van der Waals surface area contributed by atoms with Crippen LogP contribution in [-0.4, -0.2) is 26.0 Å². The topological polar surface area (TPSA) is 71.1 Å². The molecule has 3 aromatic rings. The number of methoxy groups -OCH3 is 2. The second kappa shape index (κ2) is 8.28. The van der Waals surface area contributed by atoms with Crippen molar-refractivity contribution < 1.29 is 28.5 Å². The summed E-state index contributed by atoms with van der Waals surface area (Å²) in [5.74, 6) is 1.17. The van der Waals surface area contributed by atoms with Crippen molar-refractivity contribution in [3.05, 3.63) is 74.7 Å². The number of benzene rings is 2. The number of Topliss-reactive ketones (excluding diaryl/α,β-unsaturated/α-hetero) is 1. The van der Waals surface area contributed by atoms with Crippen molar-refractivity contribution >= 4 is 29.2 Å². The lowest BCUT2D eigenvalue weighted by Gasteiger charge is -2.12. The first-order valence-corrected chi connectivity index (χ1v) is 10.4. The lowest BCUT2D eigenvalue weighted by atomic mass is 10.1. The SMILES string of the molecule is COc1ccc(C(=O)Oc2ccc3c(c2C)O/C(=C\c2sccc2C)C3=O)cc1OC. The van der Waals surface area contributed by atoms with Gasteiger partial charge in [-0.15, -0.1) is 11.3 Å². The highest BCUT2D eigenvalue weighted by Crippen LogP contribution is 2.40. The van der Waals surface area contributed by atoms with Crippen LogP contribution < -0.4 is 18.9 Å². The highest BCUT2D eigenvalue weighted by Gasteiger charge is 2.31. The number of rotatable bonds is 5. The molecule has 0 N–H and O–H groups in total. The van der Waals surface area contributed by atoms with Gasteiger partial charge >= 0.3 is 5.97 Å². The van der Waals surface area contributed by atoms with Gasteiger partial charge in [-0.25, -0.2) is 4.79 Å². The highest BCUT2D eigenvalue weighted by atomic mass is 32.1. The lowest BCUT2D eigenvalue weighted by Crippen LogP contribution is -2.10. The summed E-state index contributed by atoms with van der Waals surface area (Å²) in [6.45, 7) is 3.73. The van der Waals surface area contributed by atoms with Crippen LogP contribution in [0.4, 0.5) is 0 Å². The Morgan fingerprint density at radius 2 is 1.74 bits per heavy atom. The number of aryl methyl sites for hydroxylation is 1. The molecule has 0 unspecified atom stereocenters. The van der Waals surface area contributed by atoms with Crippen LogP contribution in [0.25, 0.3) is 6.08 Å². The molecular weight excluding hydrogens is 416 g/mol. The monoisotopic (exact) mass is 436 g/mol. The van der Waals surface area contributed by atoms with Gasteiger partial charge in [0.25, 0.3) is 0 Å². The Labute approximate surface area is 183 Å². The molecule has 0 fully saturated rings. The standard InChI is InChI=1S/C24H20O6S/c1-13-9-10-31-21(13)12-20-22(25)16-6-8-17(14(2)23(16)29-20)30-24(26)15-5-7-18(27-3)19(11-15)28-4/h5-12H,1-4H3/b20-12-. The minimum Gasteiger partial charge on any atom is -0.493 e. The molecule has 1 aliphatic heterocycles. The number of hydrogen-bond acceptors (Lipinski definition) is 7. The van der Waals surface area contributed by atoms with Gasteiger partial charge in [-0.1, -0.05) is 0 Å². The number of carbonyl (C=O) groups is 2. The van der Waals surface area contributed by atoms with E-state index in [1.54, 1.807) is 43.3 Å². The van der Waals surface area contributed by atoms with E-state index < -0.39 is 5.97 Å². The maximum Gasteiger partial charge on any atom is 0.343 e. The zero-order valence-corrected chi connectivity index (χ0v) is 18.3. The first-order valence-electron chi connectivity index (χ1n) is 9.49. The fourth-order valence-corrected chi connectivity index (χ4v) is 4.10. The molecule has 0 saturated heterocycles. The Kier molecular flexibility index (Phi) is 5.52. The molecule has 0 aliphatic carbocycles. The molecule has 2 aromatic carbocycles. The number of ether oxygens (including phenoxy) is 4. The van der Waals surface area contributed by atoms with E-state index in [9.17, 15) is 9.59 Å². The highest BCUT2D eigenvalue weighted by molar-refractivity contribution is 7.11. The third-order valence-corrected chi connectivity index (χ3v) is 5.99. The molecule has 2 heterocycles. The van der Waals surface area contributed by atoms with Gasteiger partial charge in [0.15, 0.2) is 17.3 Å². The van der Waals surface area contributed by atoms with Gasteiger partial charge in [0.1, 0.15) is 11.5 Å². The molecule has 7 heteroatoms. The fourth-order valence-electron chi connectivity index (χ4n) is 3.25. The number of hydrogen-bond donors (Lipinski definition) is 0. The van der Waals surface area contributed by atoms with Crippen LogP contribution >= 0.6 is 11.3 Å². The molecule has 0 amide bonds. The summed E-state index contributed by atoms with van der Waals surface area (Å²) in [6, 6.07) is 9.99. The Hall–Kier alpha value is -3.58. The van der Waals surface area contributed by atoms with Crippen molar-refractivity contribution in [2.24, 2.45) is 0 Å². The Balaban J connectivity index is 1.60. The molecule has 0 radical (unpaired) electrons. The zero-order valence-electron chi connectivity index (χ0n) is 17.5. The van der Waals surface area contributed by atoms with Crippen molar-refractivity contribution in [2.75, 3.05) is 14.2 Å². The van der Waals surface area contributed by atoms with Gasteiger partial charge in [-0.3, -0.25) is 4.79 Å². The van der Waals surface area contributed by atoms with Gasteiger partial charge in [0.2, 0.25) is 5.78 Å². The normalized spacial score (nSPS) is 13.7. The molecule has 4 rings (SSSR count). The molecular formula is C24H20O6S. The average Bonchev–Trinajstić information content (AvgIpc) is 3.33. The summed E-state index contributed by atoms with van der Waals surface area (Å²) >= 11 is 1.54. The van der Waals surface area contributed by atoms with Crippen LogP contribution in [-0.2, 0) is 0 Å². The van der Waals surface area contributed by atoms with Gasteiger partial charge in [0.05, 0.1) is 25.3 Å². The van der Waals surface area contributed by atoms with Crippen molar-refractivity contribution in [3.8, 4) is 23.0 Å². The van der Waals surface area contributed by atoms with Crippen molar-refractivity contribution in [2.45, 2.75) is 13.8 Å². The molecule has 0 saturated carbocycles. The lowest BCUT2D eigenvalue weighted by molar-refractivity contribution is 0.0732. The van der Waals surface area contributed by atoms with Crippen LogP contribution in [0.15, 0.2) is 47.5 Å². The summed E-state index contributed by atoms with van der Waals surface area (Å²) in [5.41, 5.74) is 2.41. The van der Waals surface area contributed by atoms with Gasteiger partial charge in [-0.05, 0) is 61.2 Å². The first-order chi connectivity index (χ1) is 14.9. The van der Waals surface area contributed by atoms with Crippen LogP contribution in [0.3, 0.4) is 0 Å². The summed E-state index contributed by atoms with van der Waals surface area (Å²) < 4.78 is 21.9. The van der Waals surface area contributed by atoms with Crippen LogP contribution in [0.2, 0.25) is 0 Å². The van der Waals surface area contributed by atoms with Crippen LogP contribution in [0.1, 0.15) is 36.7 Å². The smallest absolute Gasteiger partial charge is 0.343 e. The summed E-state index contributed by atoms with van der Waals surface area (Å²) in [4.78, 5) is 26.4. The van der Waals surface area contributed by atoms with E-state index in [0.29, 0.717) is 39.7 Å². The minimum atomic E-state index is -0.557. The van der Waals surface area contributed by atoms with E-state index in [-0.39, 0.29) is 11.5 Å². The number of allylic oxidation sites excluding steroid dienone is 1. The maximum absolute atomic E-state index is 12.8. The quantitative estimate of drug-likeness (QED) is 0.310. The third-order valence-electron chi connectivity index (χ3n) is 5.02. The second-order valence-corrected chi connectivity index (χ2v) is 7.88. The Morgan fingerprint density at radius 1 is 1.00 bits per heavy atom. The van der Waals surface area contributed by atoms with Gasteiger partial charge < -0.3 is 18.9 Å². The van der Waals surface area contributed by atoms with Gasteiger partial charge in [-0.2, -0.15) is 0 Å². The maximum atomic E-state index is 12.8. The number of ketones is 1. The second-order valence-electron chi connectivity index (χ2n) is 6.93. The molecule has 1 aliphatic rings. The molecule has 0 bridgehead atoms. The molecule has 6 nitrogen and oxygen atoms in total. The molecule has 1 aromatic heterocycles. The number of thiophene rings is 1. The average molecular weight is 436 g/mol. The third kappa shape index (κ3) is 3.80. The summed E-state index contributed by atoms with van der Waals surface area (Å²) in [6.07, 6.45) is 1.75. The molecule has 31 heavy (non-hydrogen) atoms. The minimum absolute atomic E-state index is 0.191. The number of fused-ring (bicyclic) bond motifs is 1. The van der Waals surface area contributed by atoms with E-state index in [0.717, 1.165) is 10.4 Å². The summed E-state index contributed by atoms with van der Waals surface area (Å²) in [7, 11) is 3.02. The molecule has 158 valence electrons. The van der Waals surface area contributed by atoms with E-state index >= 15 is 0 Å². The van der Waals surface area contributed by atoms with E-state index in [2.05, 4.69) is 0 Å². The van der Waals surface area contributed by atoms with Crippen molar-refractivity contribution in [1.82, 2.24) is 0 Å². The number of esters is 1. The zero-order chi connectivity index (χ0) is 22.1. The first kappa shape index (κ1) is 20.7. The van der Waals surface area contributed by atoms with E-state index in [1.807, 2.05) is 18.4 Å². The van der Waals surface area contributed by atoms with E-state index in [4.69, 9.17) is 18.9 Å². The number of carbonyl (C=O) groups excluding carboxylic acids is 2. The predicted octanol–water partition coefficient (Wildman–Crippen LogP) is 5.22. The van der Waals surface area contributed by atoms with Gasteiger partial charge in [0, 0.05) is 16.5 Å². The van der Waals surface area contributed by atoms with Crippen LogP contribution in [0.5, 0.6) is 23.0 Å². The Morgan fingerprint density at radius 3 is 2.42 bits per heavy atom. The molecule has 0 atom stereocenters. The van der Waals surface area contributed by atoms with E-state index in [1.165, 1.54) is 25.6 Å². The summed E-state index contributed by atoms with van der Waals surface area (Å²) in [5, 5.41) is 1.96.